The van der Waals surface area contributed by atoms with Crippen LogP contribution in [0, 0.1) is 16.7 Å². The molecule has 7 aromatic rings. The van der Waals surface area contributed by atoms with Crippen LogP contribution in [0.3, 0.4) is 0 Å². The lowest BCUT2D eigenvalue weighted by atomic mass is 9.33. The zero-order valence-electron chi connectivity index (χ0n) is 38.2. The molecule has 4 aliphatic rings. The SMILES string of the molecule is [B]c1c([B])c([B])c(-c2cc3c4c(c2)N(C2CC5CCC2(C)C5(C)C)c2ccc(C(C)(C)C)cc2B4c2cc(C(C)(C)C)ccc2N3c2ccc3c(c2)oc2ccccc23)c([B])c1[B]. The summed E-state index contributed by atoms with van der Waals surface area (Å²) in [4.78, 5) is 5.17. The Hall–Kier alpha value is -4.89. The van der Waals surface area contributed by atoms with Gasteiger partial charge < -0.3 is 14.2 Å². The average molecular weight is 808 g/mol. The van der Waals surface area contributed by atoms with Crippen molar-refractivity contribution in [2.45, 2.75) is 98.4 Å². The Balaban J connectivity index is 1.29. The van der Waals surface area contributed by atoms with Gasteiger partial charge in [-0.15, -0.1) is 16.4 Å². The molecule has 0 N–H and O–H groups in total. The highest BCUT2D eigenvalue weighted by atomic mass is 16.3. The molecule has 2 aliphatic heterocycles. The Labute approximate surface area is 380 Å². The summed E-state index contributed by atoms with van der Waals surface area (Å²) < 4.78 is 6.59. The van der Waals surface area contributed by atoms with E-state index in [4.69, 9.17) is 43.6 Å². The van der Waals surface area contributed by atoms with E-state index in [1.165, 1.54) is 46.0 Å². The summed E-state index contributed by atoms with van der Waals surface area (Å²) in [5.41, 5.74) is 16.7. The number of benzene rings is 6. The second-order valence-electron chi connectivity index (χ2n) is 22.0. The molecule has 0 amide bonds. The number of para-hydroxylation sites is 1. The number of rotatable bonds is 3. The van der Waals surface area contributed by atoms with Crippen molar-refractivity contribution in [3.05, 3.63) is 102 Å². The van der Waals surface area contributed by atoms with Crippen molar-refractivity contribution in [2.75, 3.05) is 9.80 Å². The van der Waals surface area contributed by atoms with E-state index in [1.807, 2.05) is 12.1 Å². The molecule has 10 radical (unpaired) electrons. The lowest BCUT2D eigenvalue weighted by Gasteiger charge is -2.51. The monoisotopic (exact) mass is 808 g/mol. The molecule has 0 spiro atoms. The quantitative estimate of drug-likeness (QED) is 0.184. The molecule has 3 unspecified atom stereocenters. The third kappa shape index (κ3) is 5.59. The van der Waals surface area contributed by atoms with Gasteiger partial charge in [-0.05, 0) is 128 Å². The molecule has 0 saturated heterocycles. The van der Waals surface area contributed by atoms with Crippen LogP contribution < -0.4 is 53.5 Å². The molecule has 2 aliphatic carbocycles. The average Bonchev–Trinajstić information content (AvgIpc) is 3.79. The van der Waals surface area contributed by atoms with Crippen molar-refractivity contribution in [1.82, 2.24) is 0 Å². The molecule has 2 fully saturated rings. The number of furan rings is 1. The van der Waals surface area contributed by atoms with Crippen LogP contribution in [-0.2, 0) is 10.8 Å². The van der Waals surface area contributed by atoms with Gasteiger partial charge in [0, 0.05) is 51.3 Å². The van der Waals surface area contributed by atoms with Gasteiger partial charge in [-0.3, -0.25) is 0 Å². The molecular formula is C54H50B6N2O. The fourth-order valence-corrected chi connectivity index (χ4v) is 12.3. The largest absolute Gasteiger partial charge is 0.456 e. The Morgan fingerprint density at radius 1 is 0.619 bits per heavy atom. The summed E-state index contributed by atoms with van der Waals surface area (Å²) in [7, 11) is 33.7. The van der Waals surface area contributed by atoms with Crippen molar-refractivity contribution >= 4 is 140 Å². The molecule has 3 atom stereocenters. The Kier molecular flexibility index (Phi) is 8.65. The van der Waals surface area contributed by atoms with Gasteiger partial charge >= 0.3 is 0 Å². The van der Waals surface area contributed by atoms with Crippen LogP contribution in [0.25, 0.3) is 33.1 Å². The van der Waals surface area contributed by atoms with E-state index in [1.54, 1.807) is 0 Å². The summed E-state index contributed by atoms with van der Waals surface area (Å²) in [5, 5.41) is 2.18. The number of fused-ring (bicyclic) bond motifs is 9. The Bertz CT molecular complexity index is 3090. The second kappa shape index (κ2) is 13.3. The highest BCUT2D eigenvalue weighted by Crippen LogP contribution is 2.68. The minimum absolute atomic E-state index is 0.0550. The molecule has 2 saturated carbocycles. The molecule has 2 bridgehead atoms. The van der Waals surface area contributed by atoms with Crippen LogP contribution in [0.1, 0.15) is 92.7 Å². The maximum Gasteiger partial charge on any atom is 0.252 e. The Morgan fingerprint density at radius 3 is 1.83 bits per heavy atom. The molecule has 1 aromatic heterocycles. The third-order valence-electron chi connectivity index (χ3n) is 16.5. The predicted molar refractivity (Wildman–Crippen MR) is 274 cm³/mol. The molecule has 63 heavy (non-hydrogen) atoms. The summed E-state index contributed by atoms with van der Waals surface area (Å²) in [5.74, 6) is 0.617. The topological polar surface area (TPSA) is 19.6 Å². The first kappa shape index (κ1) is 40.9. The number of hydrogen-bond acceptors (Lipinski definition) is 3. The highest BCUT2D eigenvalue weighted by Gasteiger charge is 2.64. The van der Waals surface area contributed by atoms with Gasteiger partial charge in [0.25, 0.3) is 6.71 Å². The first-order chi connectivity index (χ1) is 29.7. The van der Waals surface area contributed by atoms with Gasteiger partial charge in [-0.25, -0.2) is 0 Å². The third-order valence-corrected chi connectivity index (χ3v) is 16.5. The summed E-state index contributed by atoms with van der Waals surface area (Å²) >= 11 is 0. The highest BCUT2D eigenvalue weighted by molar-refractivity contribution is 7.00. The lowest BCUT2D eigenvalue weighted by molar-refractivity contribution is 0.136. The van der Waals surface area contributed by atoms with E-state index in [0.29, 0.717) is 22.4 Å². The van der Waals surface area contributed by atoms with E-state index < -0.39 is 0 Å². The van der Waals surface area contributed by atoms with E-state index in [2.05, 4.69) is 151 Å². The van der Waals surface area contributed by atoms with Crippen molar-refractivity contribution in [2.24, 2.45) is 16.7 Å². The second-order valence-corrected chi connectivity index (χ2v) is 22.0. The van der Waals surface area contributed by atoms with Crippen LogP contribution in [0.4, 0.5) is 28.4 Å². The van der Waals surface area contributed by atoms with E-state index in [-0.39, 0.29) is 50.8 Å². The molecular weight excluding hydrogens is 757 g/mol. The van der Waals surface area contributed by atoms with Gasteiger partial charge in [-0.1, -0.05) is 116 Å². The van der Waals surface area contributed by atoms with E-state index in [0.717, 1.165) is 56.7 Å². The molecule has 9 heteroatoms. The van der Waals surface area contributed by atoms with E-state index in [9.17, 15) is 0 Å². The molecule has 11 rings (SSSR count). The fraction of sp³-hybridized carbons (Fsp3) is 0.333. The minimum atomic E-state index is -0.0792. The summed E-state index contributed by atoms with van der Waals surface area (Å²) in [6, 6.07) is 34.1. The van der Waals surface area contributed by atoms with Crippen molar-refractivity contribution in [3.8, 4) is 11.1 Å². The first-order valence-electron chi connectivity index (χ1n) is 22.7. The lowest BCUT2D eigenvalue weighted by Crippen LogP contribution is -2.64. The maximum absolute atomic E-state index is 6.99. The summed E-state index contributed by atoms with van der Waals surface area (Å²) in [6.07, 6.45) is 3.54. The van der Waals surface area contributed by atoms with Crippen LogP contribution in [0.15, 0.2) is 95.4 Å². The standard InChI is InChI=1S/C54H50B6N2O/c1-51(2,3)29-14-18-37-35(24-29)60-36-25-30(52(4,5)6)15-19-38(36)62(43-26-31-20-21-54(43,9)53(31,7)8)40-23-28(44-45(55)47(57)49(59)48(58)46(44)56)22-39(50(40)60)61(37)32-16-17-34-33-12-10-11-13-41(33)63-42(34)27-32/h10-19,22-25,27,31,43H,20-21,26H2,1-9H3. The zero-order valence-corrected chi connectivity index (χ0v) is 38.2. The molecule has 300 valence electrons. The van der Waals surface area contributed by atoms with Crippen LogP contribution in [-0.4, -0.2) is 52.0 Å². The molecule has 3 heterocycles. The predicted octanol–water partition coefficient (Wildman–Crippen LogP) is 6.78. The minimum Gasteiger partial charge on any atom is -0.456 e. The van der Waals surface area contributed by atoms with Gasteiger partial charge in [0.2, 0.25) is 0 Å². The van der Waals surface area contributed by atoms with Crippen LogP contribution in [0.5, 0.6) is 0 Å². The zero-order chi connectivity index (χ0) is 44.4. The summed E-state index contributed by atoms with van der Waals surface area (Å²) in [6.45, 7) is 21.4. The van der Waals surface area contributed by atoms with Gasteiger partial charge in [0.05, 0.1) is 0 Å². The van der Waals surface area contributed by atoms with Crippen molar-refractivity contribution in [1.29, 1.82) is 0 Å². The van der Waals surface area contributed by atoms with Gasteiger partial charge in [0.1, 0.15) is 50.4 Å². The number of anilines is 5. The van der Waals surface area contributed by atoms with Crippen LogP contribution in [0.2, 0.25) is 0 Å². The fourth-order valence-electron chi connectivity index (χ4n) is 12.3. The molecule has 3 nitrogen and oxygen atoms in total. The van der Waals surface area contributed by atoms with Crippen molar-refractivity contribution in [3.63, 3.8) is 0 Å². The first-order valence-corrected chi connectivity index (χ1v) is 22.7. The Morgan fingerprint density at radius 2 is 1.21 bits per heavy atom. The molecule has 6 aromatic carbocycles. The normalized spacial score (nSPS) is 21.0. The number of hydrogen-bond donors (Lipinski definition) is 0. The van der Waals surface area contributed by atoms with Crippen molar-refractivity contribution < 1.29 is 4.42 Å². The van der Waals surface area contributed by atoms with Crippen LogP contribution >= 0.6 is 0 Å². The smallest absolute Gasteiger partial charge is 0.252 e. The maximum atomic E-state index is 6.99. The number of nitrogens with zero attached hydrogens (tertiary/aromatic N) is 2. The van der Waals surface area contributed by atoms with Gasteiger partial charge in [-0.2, -0.15) is 0 Å². The van der Waals surface area contributed by atoms with Gasteiger partial charge in [0.15, 0.2) is 0 Å². The van der Waals surface area contributed by atoms with E-state index >= 15 is 0 Å².